The summed E-state index contributed by atoms with van der Waals surface area (Å²) in [5, 5.41) is 3.26. The van der Waals surface area contributed by atoms with E-state index in [1.165, 1.54) is 0 Å². The molecule has 27 heavy (non-hydrogen) atoms. The fraction of sp³-hybridized carbons (Fsp3) is 0.273. The molecular weight excluding hydrogens is 338 g/mol. The van der Waals surface area contributed by atoms with E-state index in [0.717, 1.165) is 37.4 Å². The van der Waals surface area contributed by atoms with E-state index in [0.29, 0.717) is 22.5 Å². The first kappa shape index (κ1) is 17.5. The second-order valence-corrected chi connectivity index (χ2v) is 7.21. The molecule has 1 saturated heterocycles. The zero-order valence-corrected chi connectivity index (χ0v) is 15.7. The van der Waals surface area contributed by atoms with Crippen LogP contribution in [0.1, 0.15) is 26.3 Å². The van der Waals surface area contributed by atoms with E-state index in [-0.39, 0.29) is 11.6 Å². The lowest BCUT2D eigenvalue weighted by molar-refractivity contribution is 0.0917. The van der Waals surface area contributed by atoms with Gasteiger partial charge in [0.25, 0.3) is 0 Å². The summed E-state index contributed by atoms with van der Waals surface area (Å²) in [6, 6.07) is 14.9. The number of carbonyl (C=O) groups is 2. The summed E-state index contributed by atoms with van der Waals surface area (Å²) < 4.78 is 0. The van der Waals surface area contributed by atoms with Crippen LogP contribution in [0.3, 0.4) is 0 Å². The molecule has 1 aliphatic carbocycles. The molecule has 138 valence electrons. The third-order valence-corrected chi connectivity index (χ3v) is 5.20. The van der Waals surface area contributed by atoms with Gasteiger partial charge in [-0.25, -0.2) is 0 Å². The minimum Gasteiger partial charge on any atom is -0.364 e. The molecule has 4 rings (SSSR count). The number of ketones is 2. The maximum Gasteiger partial charge on any atom is 0.212 e. The normalized spacial score (nSPS) is 17.9. The number of aryl methyl sites for hydroxylation is 1. The van der Waals surface area contributed by atoms with E-state index in [4.69, 9.17) is 0 Å². The maximum absolute atomic E-state index is 13.3. The molecule has 0 saturated carbocycles. The molecule has 2 aliphatic rings. The predicted octanol–water partition coefficient (Wildman–Crippen LogP) is 2.95. The summed E-state index contributed by atoms with van der Waals surface area (Å²) in [5.74, 6) is -0.203. The van der Waals surface area contributed by atoms with Gasteiger partial charge in [0, 0.05) is 43.0 Å². The van der Waals surface area contributed by atoms with Gasteiger partial charge in [0.15, 0.2) is 0 Å². The Bertz CT molecular complexity index is 940. The summed E-state index contributed by atoms with van der Waals surface area (Å²) in [7, 11) is 2.07. The Morgan fingerprint density at radius 3 is 2.19 bits per heavy atom. The summed E-state index contributed by atoms with van der Waals surface area (Å²) >= 11 is 0. The van der Waals surface area contributed by atoms with E-state index >= 15 is 0 Å². The van der Waals surface area contributed by atoms with Crippen LogP contribution in [-0.2, 0) is 0 Å². The molecule has 0 bridgehead atoms. The molecule has 5 heteroatoms. The van der Waals surface area contributed by atoms with Crippen molar-refractivity contribution < 1.29 is 9.59 Å². The van der Waals surface area contributed by atoms with Gasteiger partial charge >= 0.3 is 0 Å². The lowest BCUT2D eigenvalue weighted by Crippen LogP contribution is -2.47. The Balaban J connectivity index is 1.80. The van der Waals surface area contributed by atoms with E-state index in [1.54, 1.807) is 18.2 Å². The first-order chi connectivity index (χ1) is 13.0. The maximum atomic E-state index is 13.3. The highest BCUT2D eigenvalue weighted by atomic mass is 16.1. The molecule has 5 nitrogen and oxygen atoms in total. The second-order valence-electron chi connectivity index (χ2n) is 7.21. The Labute approximate surface area is 159 Å². The lowest BCUT2D eigenvalue weighted by atomic mass is 9.89. The van der Waals surface area contributed by atoms with Crippen LogP contribution >= 0.6 is 0 Å². The molecule has 0 aromatic heterocycles. The van der Waals surface area contributed by atoms with Gasteiger partial charge in [0.2, 0.25) is 11.6 Å². The number of nitrogens with one attached hydrogen (secondary N) is 1. The van der Waals surface area contributed by atoms with Crippen molar-refractivity contribution in [3.8, 4) is 0 Å². The number of nitrogens with zero attached hydrogens (tertiary/aromatic N) is 2. The number of carbonyl (C=O) groups excluding carboxylic acids is 2. The van der Waals surface area contributed by atoms with E-state index < -0.39 is 0 Å². The predicted molar refractivity (Wildman–Crippen MR) is 106 cm³/mol. The van der Waals surface area contributed by atoms with Crippen molar-refractivity contribution in [2.45, 2.75) is 6.92 Å². The second kappa shape index (κ2) is 7.00. The minimum absolute atomic E-state index is 0.0788. The summed E-state index contributed by atoms with van der Waals surface area (Å²) in [6.07, 6.45) is 0. The van der Waals surface area contributed by atoms with E-state index in [9.17, 15) is 9.59 Å². The number of allylic oxidation sites excluding steroid dienone is 2. The smallest absolute Gasteiger partial charge is 0.212 e. The monoisotopic (exact) mass is 361 g/mol. The van der Waals surface area contributed by atoms with Gasteiger partial charge in [0.05, 0.1) is 0 Å². The van der Waals surface area contributed by atoms with Crippen LogP contribution < -0.4 is 5.32 Å². The fourth-order valence-electron chi connectivity index (χ4n) is 3.68. The largest absolute Gasteiger partial charge is 0.364 e. The van der Waals surface area contributed by atoms with Crippen molar-refractivity contribution in [3.63, 3.8) is 0 Å². The topological polar surface area (TPSA) is 52.6 Å². The van der Waals surface area contributed by atoms with Crippen LogP contribution in [0.4, 0.5) is 5.69 Å². The fourth-order valence-corrected chi connectivity index (χ4v) is 3.68. The van der Waals surface area contributed by atoms with Crippen molar-refractivity contribution in [1.29, 1.82) is 0 Å². The van der Waals surface area contributed by atoms with Crippen LogP contribution in [0, 0.1) is 6.92 Å². The number of fused-ring (bicyclic) bond motifs is 1. The van der Waals surface area contributed by atoms with Crippen LogP contribution in [0.15, 0.2) is 59.9 Å². The van der Waals surface area contributed by atoms with Crippen molar-refractivity contribution in [3.05, 3.63) is 76.6 Å². The number of hydrogen-bond donors (Lipinski definition) is 1. The van der Waals surface area contributed by atoms with Crippen LogP contribution in [0.25, 0.3) is 0 Å². The lowest BCUT2D eigenvalue weighted by Gasteiger charge is -2.37. The van der Waals surface area contributed by atoms with Gasteiger partial charge in [-0.05, 0) is 31.7 Å². The molecule has 0 unspecified atom stereocenters. The van der Waals surface area contributed by atoms with Gasteiger partial charge < -0.3 is 15.1 Å². The van der Waals surface area contributed by atoms with Gasteiger partial charge in [0.1, 0.15) is 11.4 Å². The van der Waals surface area contributed by atoms with E-state index in [2.05, 4.69) is 17.3 Å². The zero-order valence-electron chi connectivity index (χ0n) is 15.7. The van der Waals surface area contributed by atoms with Gasteiger partial charge in [-0.1, -0.05) is 36.4 Å². The number of rotatable bonds is 3. The standard InChI is InChI=1S/C22H23N3O2/c1-15-6-5-7-16(14-15)23-19-20(25-12-10-24(2)11-13-25)22(27)18-9-4-3-8-17(18)21(19)26/h3-9,14,23H,10-13H2,1-2H3. The van der Waals surface area contributed by atoms with Crippen molar-refractivity contribution in [2.75, 3.05) is 38.5 Å². The molecule has 0 atom stereocenters. The molecular formula is C22H23N3O2. The number of benzene rings is 2. The number of likely N-dealkylation sites (N-methyl/N-ethyl adjacent to an activating group) is 1. The summed E-state index contributed by atoms with van der Waals surface area (Å²) in [4.78, 5) is 30.8. The average molecular weight is 361 g/mol. The Morgan fingerprint density at radius 1 is 0.852 bits per heavy atom. The Kier molecular flexibility index (Phi) is 4.54. The van der Waals surface area contributed by atoms with Crippen LogP contribution in [-0.4, -0.2) is 54.6 Å². The van der Waals surface area contributed by atoms with Crippen molar-refractivity contribution in [1.82, 2.24) is 9.80 Å². The molecule has 0 spiro atoms. The Morgan fingerprint density at radius 2 is 1.52 bits per heavy atom. The third-order valence-electron chi connectivity index (χ3n) is 5.20. The molecule has 1 fully saturated rings. The SMILES string of the molecule is Cc1cccc(NC2=C(N3CCN(C)CC3)C(=O)c3ccccc3C2=O)c1. The Hall–Kier alpha value is -2.92. The number of piperazine rings is 1. The highest BCUT2D eigenvalue weighted by molar-refractivity contribution is 6.27. The van der Waals surface area contributed by atoms with Gasteiger partial charge in [-0.2, -0.15) is 0 Å². The molecule has 1 aliphatic heterocycles. The molecule has 1 heterocycles. The highest BCUT2D eigenvalue weighted by Gasteiger charge is 2.36. The molecule has 0 amide bonds. The minimum atomic E-state index is -0.124. The van der Waals surface area contributed by atoms with Crippen molar-refractivity contribution in [2.24, 2.45) is 0 Å². The van der Waals surface area contributed by atoms with Crippen molar-refractivity contribution >= 4 is 17.3 Å². The van der Waals surface area contributed by atoms with Gasteiger partial charge in [-0.3, -0.25) is 9.59 Å². The quantitative estimate of drug-likeness (QED) is 0.911. The van der Waals surface area contributed by atoms with Crippen LogP contribution in [0.5, 0.6) is 0 Å². The third kappa shape index (κ3) is 3.26. The number of hydrogen-bond acceptors (Lipinski definition) is 5. The first-order valence-corrected chi connectivity index (χ1v) is 9.24. The van der Waals surface area contributed by atoms with Gasteiger partial charge in [-0.15, -0.1) is 0 Å². The van der Waals surface area contributed by atoms with E-state index in [1.807, 2.05) is 42.2 Å². The summed E-state index contributed by atoms with van der Waals surface area (Å²) in [6.45, 7) is 5.19. The average Bonchev–Trinajstić information content (AvgIpc) is 2.67. The van der Waals surface area contributed by atoms with Crippen LogP contribution in [0.2, 0.25) is 0 Å². The molecule has 1 N–H and O–H groups in total. The molecule has 2 aromatic carbocycles. The number of Topliss-reactive ketones (excluding diaryl/α,β-unsaturated/α-hetero) is 2. The highest BCUT2D eigenvalue weighted by Crippen LogP contribution is 2.30. The number of anilines is 1. The molecule has 2 aromatic rings. The first-order valence-electron chi connectivity index (χ1n) is 9.24. The zero-order chi connectivity index (χ0) is 19.0. The molecule has 0 radical (unpaired) electrons. The summed E-state index contributed by atoms with van der Waals surface area (Å²) in [5.41, 5.74) is 3.75.